The molecule has 1 aliphatic rings. The Kier molecular flexibility index (Phi) is 3.17. The minimum atomic E-state index is -0.176. The van der Waals surface area contributed by atoms with Crippen LogP contribution in [-0.4, -0.2) is 36.0 Å². The van der Waals surface area contributed by atoms with Crippen molar-refractivity contribution in [1.82, 2.24) is 4.90 Å². The van der Waals surface area contributed by atoms with Gasteiger partial charge in [-0.2, -0.15) is 0 Å². The summed E-state index contributed by atoms with van der Waals surface area (Å²) in [5.41, 5.74) is 0. The lowest BCUT2D eigenvalue weighted by Gasteiger charge is -2.37. The number of halogens is 1. The zero-order valence-corrected chi connectivity index (χ0v) is 8.13. The molecule has 1 amide bonds. The number of ether oxygens (including phenoxy) is 1. The van der Waals surface area contributed by atoms with Crippen LogP contribution in [0.2, 0.25) is 0 Å². The number of carbonyl (C=O) groups is 1. The van der Waals surface area contributed by atoms with Gasteiger partial charge in [-0.05, 0) is 6.92 Å². The molecule has 1 saturated heterocycles. The van der Waals surface area contributed by atoms with Crippen molar-refractivity contribution >= 4 is 22.0 Å². The summed E-state index contributed by atoms with van der Waals surface area (Å²) in [5.74, 6) is 0.624. The van der Waals surface area contributed by atoms with Gasteiger partial charge in [-0.25, -0.2) is 4.79 Å². The van der Waals surface area contributed by atoms with Gasteiger partial charge in [0.25, 0.3) is 0 Å². The molecule has 1 fully saturated rings. The van der Waals surface area contributed by atoms with E-state index in [-0.39, 0.29) is 6.09 Å². The van der Waals surface area contributed by atoms with Gasteiger partial charge in [0.05, 0.1) is 6.61 Å². The van der Waals surface area contributed by atoms with Crippen molar-refractivity contribution in [2.45, 2.75) is 6.92 Å². The first-order valence-corrected chi connectivity index (χ1v) is 4.87. The van der Waals surface area contributed by atoms with Crippen molar-refractivity contribution in [3.8, 4) is 0 Å². The lowest BCUT2D eigenvalue weighted by molar-refractivity contribution is 0.0636. The van der Waals surface area contributed by atoms with E-state index in [1.807, 2.05) is 6.92 Å². The van der Waals surface area contributed by atoms with Crippen LogP contribution in [0.4, 0.5) is 4.79 Å². The maximum atomic E-state index is 11.0. The second-order valence-electron chi connectivity index (χ2n) is 2.62. The molecule has 0 aromatic carbocycles. The van der Waals surface area contributed by atoms with E-state index in [2.05, 4.69) is 15.9 Å². The highest BCUT2D eigenvalue weighted by Gasteiger charge is 2.30. The molecule has 64 valence electrons. The normalized spacial score (nSPS) is 17.8. The van der Waals surface area contributed by atoms with Gasteiger partial charge in [0.2, 0.25) is 0 Å². The van der Waals surface area contributed by atoms with Crippen LogP contribution in [0.15, 0.2) is 0 Å². The molecule has 4 heteroatoms. The average molecular weight is 222 g/mol. The van der Waals surface area contributed by atoms with Gasteiger partial charge < -0.3 is 9.64 Å². The van der Waals surface area contributed by atoms with Gasteiger partial charge in [-0.1, -0.05) is 15.9 Å². The number of hydrogen-bond donors (Lipinski definition) is 0. The lowest BCUT2D eigenvalue weighted by atomic mass is 10.0. The van der Waals surface area contributed by atoms with Crippen LogP contribution in [0.1, 0.15) is 6.92 Å². The summed E-state index contributed by atoms with van der Waals surface area (Å²) in [4.78, 5) is 12.7. The minimum Gasteiger partial charge on any atom is -0.450 e. The third-order valence-electron chi connectivity index (χ3n) is 1.70. The number of likely N-dealkylation sites (tertiary alicyclic amines) is 1. The van der Waals surface area contributed by atoms with Crippen molar-refractivity contribution in [1.29, 1.82) is 0 Å². The molecular formula is C7H12BrNO2. The van der Waals surface area contributed by atoms with E-state index in [0.717, 1.165) is 18.4 Å². The van der Waals surface area contributed by atoms with Crippen molar-refractivity contribution in [3.63, 3.8) is 0 Å². The van der Waals surface area contributed by atoms with Crippen LogP contribution in [0.3, 0.4) is 0 Å². The number of amides is 1. The van der Waals surface area contributed by atoms with Crippen LogP contribution < -0.4 is 0 Å². The number of hydrogen-bond acceptors (Lipinski definition) is 2. The van der Waals surface area contributed by atoms with Gasteiger partial charge >= 0.3 is 6.09 Å². The second-order valence-corrected chi connectivity index (χ2v) is 3.27. The monoisotopic (exact) mass is 221 g/mol. The quantitative estimate of drug-likeness (QED) is 0.662. The molecule has 1 heterocycles. The van der Waals surface area contributed by atoms with Crippen LogP contribution in [0.5, 0.6) is 0 Å². The highest BCUT2D eigenvalue weighted by Crippen LogP contribution is 2.17. The molecule has 0 unspecified atom stereocenters. The van der Waals surface area contributed by atoms with E-state index in [9.17, 15) is 4.79 Å². The predicted molar refractivity (Wildman–Crippen MR) is 45.9 cm³/mol. The summed E-state index contributed by atoms with van der Waals surface area (Å²) < 4.78 is 4.81. The molecular weight excluding hydrogens is 210 g/mol. The first kappa shape index (κ1) is 8.84. The highest BCUT2D eigenvalue weighted by molar-refractivity contribution is 9.09. The van der Waals surface area contributed by atoms with Crippen molar-refractivity contribution in [3.05, 3.63) is 0 Å². The highest BCUT2D eigenvalue weighted by atomic mass is 79.9. The lowest BCUT2D eigenvalue weighted by Crippen LogP contribution is -2.50. The SMILES string of the molecule is CCOC(=O)N1CC(CBr)C1. The number of carbonyl (C=O) groups excluding carboxylic acids is 1. The fourth-order valence-corrected chi connectivity index (χ4v) is 1.44. The summed E-state index contributed by atoms with van der Waals surface area (Å²) in [7, 11) is 0. The van der Waals surface area contributed by atoms with Crippen molar-refractivity contribution in [2.24, 2.45) is 5.92 Å². The summed E-state index contributed by atoms with van der Waals surface area (Å²) in [6.07, 6.45) is -0.176. The number of rotatable bonds is 2. The maximum absolute atomic E-state index is 11.0. The molecule has 0 aliphatic carbocycles. The zero-order chi connectivity index (χ0) is 8.27. The molecule has 0 bridgehead atoms. The van der Waals surface area contributed by atoms with Crippen LogP contribution in [-0.2, 0) is 4.74 Å². The van der Waals surface area contributed by atoms with Crippen molar-refractivity contribution in [2.75, 3.05) is 25.0 Å². The standard InChI is InChI=1S/C7H12BrNO2/c1-2-11-7(10)9-4-6(3-8)5-9/h6H,2-5H2,1H3. The molecule has 0 aromatic rings. The van der Waals surface area contributed by atoms with Crippen LogP contribution in [0.25, 0.3) is 0 Å². The van der Waals surface area contributed by atoms with E-state index in [4.69, 9.17) is 4.74 Å². The van der Waals surface area contributed by atoms with Gasteiger partial charge in [-0.15, -0.1) is 0 Å². The fraction of sp³-hybridized carbons (Fsp3) is 0.857. The van der Waals surface area contributed by atoms with Gasteiger partial charge in [0.1, 0.15) is 0 Å². The Hall–Kier alpha value is -0.250. The first-order chi connectivity index (χ1) is 5.27. The zero-order valence-electron chi connectivity index (χ0n) is 6.55. The van der Waals surface area contributed by atoms with Crippen LogP contribution >= 0.6 is 15.9 Å². The maximum Gasteiger partial charge on any atom is 0.409 e. The minimum absolute atomic E-state index is 0.176. The van der Waals surface area contributed by atoms with E-state index >= 15 is 0 Å². The van der Waals surface area contributed by atoms with Crippen LogP contribution in [0, 0.1) is 5.92 Å². The molecule has 0 radical (unpaired) electrons. The topological polar surface area (TPSA) is 29.5 Å². The first-order valence-electron chi connectivity index (χ1n) is 3.75. The molecule has 1 rings (SSSR count). The Bertz CT molecular complexity index is 145. The molecule has 0 N–H and O–H groups in total. The summed E-state index contributed by atoms with van der Waals surface area (Å²) in [6, 6.07) is 0. The summed E-state index contributed by atoms with van der Waals surface area (Å²) >= 11 is 3.36. The smallest absolute Gasteiger partial charge is 0.409 e. The summed E-state index contributed by atoms with van der Waals surface area (Å²) in [6.45, 7) is 3.96. The Morgan fingerprint density at radius 1 is 1.73 bits per heavy atom. The third kappa shape index (κ3) is 2.09. The molecule has 0 spiro atoms. The molecule has 1 aliphatic heterocycles. The predicted octanol–water partition coefficient (Wildman–Crippen LogP) is 1.47. The number of alkyl halides is 1. The second kappa shape index (κ2) is 3.95. The van der Waals surface area contributed by atoms with Gasteiger partial charge in [0.15, 0.2) is 0 Å². The van der Waals surface area contributed by atoms with Gasteiger partial charge in [-0.3, -0.25) is 0 Å². The number of nitrogens with zero attached hydrogens (tertiary/aromatic N) is 1. The molecule has 0 atom stereocenters. The third-order valence-corrected chi connectivity index (χ3v) is 2.62. The van der Waals surface area contributed by atoms with E-state index < -0.39 is 0 Å². The average Bonchev–Trinajstić information content (AvgIpc) is 1.86. The summed E-state index contributed by atoms with van der Waals surface area (Å²) in [5, 5.41) is 0.975. The van der Waals surface area contributed by atoms with E-state index in [1.54, 1.807) is 4.90 Å². The van der Waals surface area contributed by atoms with E-state index in [1.165, 1.54) is 0 Å². The Morgan fingerprint density at radius 3 is 2.82 bits per heavy atom. The Morgan fingerprint density at radius 2 is 2.36 bits per heavy atom. The Labute approximate surface area is 74.8 Å². The molecule has 3 nitrogen and oxygen atoms in total. The fourth-order valence-electron chi connectivity index (χ4n) is 1.03. The van der Waals surface area contributed by atoms with E-state index in [0.29, 0.717) is 12.5 Å². The molecule has 0 saturated carbocycles. The molecule has 11 heavy (non-hydrogen) atoms. The van der Waals surface area contributed by atoms with Crippen molar-refractivity contribution < 1.29 is 9.53 Å². The Balaban J connectivity index is 2.16. The molecule has 0 aromatic heterocycles. The largest absolute Gasteiger partial charge is 0.450 e. The van der Waals surface area contributed by atoms with Gasteiger partial charge in [0, 0.05) is 24.3 Å².